The third kappa shape index (κ3) is 4.06. The Hall–Kier alpha value is -2.43. The molecule has 23 heavy (non-hydrogen) atoms. The number of pyridine rings is 1. The Morgan fingerprint density at radius 1 is 0.870 bits per heavy atom. The Bertz CT molecular complexity index is 735. The predicted molar refractivity (Wildman–Crippen MR) is 92.9 cm³/mol. The maximum Gasteiger partial charge on any atom is 0.361 e. The Morgan fingerprint density at radius 2 is 1.65 bits per heavy atom. The van der Waals surface area contributed by atoms with Crippen molar-refractivity contribution >= 4 is 17.8 Å². The molecular weight excluding hydrogens is 285 g/mol. The summed E-state index contributed by atoms with van der Waals surface area (Å²) in [6.07, 6.45) is 1.77. The second-order valence-electron chi connectivity index (χ2n) is 5.33. The molecule has 3 nitrogen and oxygen atoms in total. The summed E-state index contributed by atoms with van der Waals surface area (Å²) in [5.74, 6) is 0. The summed E-state index contributed by atoms with van der Waals surface area (Å²) >= 11 is 0. The van der Waals surface area contributed by atoms with Gasteiger partial charge in [0.25, 0.3) is 0 Å². The van der Waals surface area contributed by atoms with Crippen molar-refractivity contribution in [2.45, 2.75) is 13.2 Å². The predicted octanol–water partition coefficient (Wildman–Crippen LogP) is 1.90. The Balaban J connectivity index is 1.87. The second-order valence-corrected chi connectivity index (χ2v) is 5.33. The first kappa shape index (κ1) is 15.5. The van der Waals surface area contributed by atoms with E-state index in [9.17, 15) is 5.11 Å². The molecule has 0 aliphatic carbocycles. The largest absolute Gasteiger partial charge is 0.421 e. The summed E-state index contributed by atoms with van der Waals surface area (Å²) < 4.78 is 6.16. The van der Waals surface area contributed by atoms with Gasteiger partial charge >= 0.3 is 6.92 Å². The molecule has 3 aromatic rings. The molecule has 0 aliphatic rings. The molecule has 1 N–H and O–H groups in total. The first-order valence-corrected chi connectivity index (χ1v) is 7.63. The van der Waals surface area contributed by atoms with E-state index in [0.717, 1.165) is 22.2 Å². The van der Waals surface area contributed by atoms with Crippen LogP contribution in [0.4, 0.5) is 0 Å². The van der Waals surface area contributed by atoms with Crippen LogP contribution in [0.1, 0.15) is 11.3 Å². The molecule has 0 atom stereocenters. The van der Waals surface area contributed by atoms with Crippen LogP contribution in [-0.4, -0.2) is 17.0 Å². The van der Waals surface area contributed by atoms with Crippen molar-refractivity contribution in [2.24, 2.45) is 0 Å². The molecular formula is C19H18BNO2. The zero-order valence-corrected chi connectivity index (χ0v) is 12.8. The number of nitrogens with zero attached hydrogens (tertiary/aromatic N) is 1. The highest BCUT2D eigenvalue weighted by Crippen LogP contribution is 2.03. The molecule has 1 aromatic heterocycles. The Labute approximate surface area is 136 Å². The summed E-state index contributed by atoms with van der Waals surface area (Å²) in [7, 11) is 0. The van der Waals surface area contributed by atoms with Gasteiger partial charge in [0.1, 0.15) is 0 Å². The van der Waals surface area contributed by atoms with Gasteiger partial charge in [-0.15, -0.1) is 0 Å². The standard InChI is InChI=1S/C19H18BNO2/c22-14-16-7-6-10-18(13-16)20(17-8-2-1-3-9-17)23-15-19-11-4-5-12-21-19/h1-13,22H,14-15H2. The molecule has 0 aliphatic heterocycles. The van der Waals surface area contributed by atoms with Crippen LogP contribution < -0.4 is 10.9 Å². The van der Waals surface area contributed by atoms with Crippen LogP contribution in [0.25, 0.3) is 0 Å². The van der Waals surface area contributed by atoms with Crippen LogP contribution in [0.15, 0.2) is 79.0 Å². The molecule has 0 fully saturated rings. The fraction of sp³-hybridized carbons (Fsp3) is 0.105. The maximum absolute atomic E-state index is 9.37. The van der Waals surface area contributed by atoms with E-state index < -0.39 is 0 Å². The van der Waals surface area contributed by atoms with E-state index in [1.165, 1.54) is 0 Å². The van der Waals surface area contributed by atoms with Crippen molar-refractivity contribution in [3.8, 4) is 0 Å². The summed E-state index contributed by atoms with van der Waals surface area (Å²) in [6, 6.07) is 23.7. The van der Waals surface area contributed by atoms with Crippen LogP contribution in [-0.2, 0) is 17.9 Å². The molecule has 0 saturated heterocycles. The highest BCUT2D eigenvalue weighted by molar-refractivity contribution is 6.80. The molecule has 0 bridgehead atoms. The van der Waals surface area contributed by atoms with Gasteiger partial charge in [-0.1, -0.05) is 60.7 Å². The zero-order chi connectivity index (χ0) is 15.9. The molecule has 1 heterocycles. The highest BCUT2D eigenvalue weighted by Gasteiger charge is 2.21. The van der Waals surface area contributed by atoms with Gasteiger partial charge in [0.15, 0.2) is 0 Å². The van der Waals surface area contributed by atoms with E-state index in [2.05, 4.69) is 17.1 Å². The third-order valence-corrected chi connectivity index (χ3v) is 3.66. The monoisotopic (exact) mass is 303 g/mol. The molecule has 0 spiro atoms. The van der Waals surface area contributed by atoms with Gasteiger partial charge in [0.05, 0.1) is 18.9 Å². The number of aliphatic hydroxyl groups excluding tert-OH is 1. The van der Waals surface area contributed by atoms with Crippen molar-refractivity contribution in [1.29, 1.82) is 0 Å². The smallest absolute Gasteiger partial charge is 0.361 e. The molecule has 0 amide bonds. The van der Waals surface area contributed by atoms with Gasteiger partial charge in [-0.3, -0.25) is 4.98 Å². The van der Waals surface area contributed by atoms with E-state index >= 15 is 0 Å². The number of aromatic nitrogens is 1. The van der Waals surface area contributed by atoms with E-state index in [0.29, 0.717) is 6.61 Å². The van der Waals surface area contributed by atoms with E-state index in [-0.39, 0.29) is 13.5 Å². The molecule has 2 aromatic carbocycles. The fourth-order valence-corrected chi connectivity index (χ4v) is 2.52. The summed E-state index contributed by atoms with van der Waals surface area (Å²) in [4.78, 5) is 4.31. The van der Waals surface area contributed by atoms with Crippen molar-refractivity contribution < 1.29 is 9.76 Å². The quantitative estimate of drug-likeness (QED) is 0.707. The van der Waals surface area contributed by atoms with Crippen LogP contribution in [0.5, 0.6) is 0 Å². The van der Waals surface area contributed by atoms with E-state index in [1.807, 2.05) is 60.7 Å². The number of rotatable bonds is 6. The van der Waals surface area contributed by atoms with Crippen LogP contribution in [0, 0.1) is 0 Å². The number of aliphatic hydroxyl groups is 1. The number of benzene rings is 2. The normalized spacial score (nSPS) is 10.5. The molecule has 0 unspecified atom stereocenters. The first-order chi connectivity index (χ1) is 11.4. The summed E-state index contributed by atoms with van der Waals surface area (Å²) in [5, 5.41) is 9.37. The molecule has 3 rings (SSSR count). The zero-order valence-electron chi connectivity index (χ0n) is 12.8. The minimum absolute atomic E-state index is 0.0234. The van der Waals surface area contributed by atoms with Gasteiger partial charge in [0, 0.05) is 6.20 Å². The average Bonchev–Trinajstić information content (AvgIpc) is 2.64. The SMILES string of the molecule is OCc1cccc(B(OCc2ccccn2)c2ccccc2)c1. The van der Waals surface area contributed by atoms with Crippen molar-refractivity contribution in [2.75, 3.05) is 0 Å². The van der Waals surface area contributed by atoms with Gasteiger partial charge in [0.2, 0.25) is 0 Å². The first-order valence-electron chi connectivity index (χ1n) is 7.63. The van der Waals surface area contributed by atoms with E-state index in [1.54, 1.807) is 6.20 Å². The Kier molecular flexibility index (Phi) is 5.19. The lowest BCUT2D eigenvalue weighted by Gasteiger charge is -2.16. The van der Waals surface area contributed by atoms with Crippen molar-refractivity contribution in [1.82, 2.24) is 4.98 Å². The van der Waals surface area contributed by atoms with Crippen LogP contribution in [0.3, 0.4) is 0 Å². The van der Waals surface area contributed by atoms with Crippen LogP contribution >= 0.6 is 0 Å². The van der Waals surface area contributed by atoms with Gasteiger partial charge in [-0.2, -0.15) is 0 Å². The summed E-state index contributed by atoms with van der Waals surface area (Å²) in [5.41, 5.74) is 3.88. The van der Waals surface area contributed by atoms with Gasteiger partial charge < -0.3 is 9.76 Å². The lowest BCUT2D eigenvalue weighted by Crippen LogP contribution is -2.45. The maximum atomic E-state index is 9.37. The van der Waals surface area contributed by atoms with Crippen molar-refractivity contribution in [3.63, 3.8) is 0 Å². The molecule has 0 radical (unpaired) electrons. The van der Waals surface area contributed by atoms with Crippen molar-refractivity contribution in [3.05, 3.63) is 90.3 Å². The third-order valence-electron chi connectivity index (χ3n) is 3.66. The molecule has 0 saturated carbocycles. The average molecular weight is 303 g/mol. The van der Waals surface area contributed by atoms with E-state index in [4.69, 9.17) is 4.65 Å². The molecule has 114 valence electrons. The number of hydrogen-bond donors (Lipinski definition) is 1. The second kappa shape index (κ2) is 7.72. The Morgan fingerprint density at radius 3 is 2.39 bits per heavy atom. The minimum Gasteiger partial charge on any atom is -0.421 e. The lowest BCUT2D eigenvalue weighted by atomic mass is 9.55. The van der Waals surface area contributed by atoms with Gasteiger partial charge in [-0.25, -0.2) is 0 Å². The topological polar surface area (TPSA) is 42.4 Å². The van der Waals surface area contributed by atoms with Gasteiger partial charge in [-0.05, 0) is 28.6 Å². The van der Waals surface area contributed by atoms with Crippen LogP contribution in [0.2, 0.25) is 0 Å². The fourth-order valence-electron chi connectivity index (χ4n) is 2.52. The lowest BCUT2D eigenvalue weighted by molar-refractivity contribution is 0.282. The highest BCUT2D eigenvalue weighted by atomic mass is 16.4. The number of hydrogen-bond acceptors (Lipinski definition) is 3. The minimum atomic E-state index is -0.190. The molecule has 4 heteroatoms. The summed E-state index contributed by atoms with van der Waals surface area (Å²) in [6.45, 7) is 0.268.